The Balaban J connectivity index is 3.66. The predicted molar refractivity (Wildman–Crippen MR) is 115 cm³/mol. The number of carbonyl (C=O) groups is 2. The summed E-state index contributed by atoms with van der Waals surface area (Å²) in [6.45, 7) is 8.72. The van der Waals surface area contributed by atoms with Gasteiger partial charge < -0.3 is 14.8 Å². The minimum absolute atomic E-state index is 0.0383. The van der Waals surface area contributed by atoms with Crippen molar-refractivity contribution in [3.63, 3.8) is 0 Å². The highest BCUT2D eigenvalue weighted by Gasteiger charge is 2.26. The molecule has 5 nitrogen and oxygen atoms in total. The number of amides is 1. The molecule has 28 heavy (non-hydrogen) atoms. The summed E-state index contributed by atoms with van der Waals surface area (Å²) in [5.41, 5.74) is 0. The molecule has 0 bridgehead atoms. The summed E-state index contributed by atoms with van der Waals surface area (Å²) >= 11 is 0. The van der Waals surface area contributed by atoms with Crippen LogP contribution in [-0.4, -0.2) is 31.3 Å². The Morgan fingerprint density at radius 3 is 1.64 bits per heavy atom. The Hall–Kier alpha value is -1.26. The van der Waals surface area contributed by atoms with E-state index in [4.69, 9.17) is 9.47 Å². The molecule has 0 rings (SSSR count). The van der Waals surface area contributed by atoms with Crippen LogP contribution in [0.25, 0.3) is 0 Å². The van der Waals surface area contributed by atoms with E-state index in [-0.39, 0.29) is 11.9 Å². The van der Waals surface area contributed by atoms with Crippen molar-refractivity contribution in [2.75, 3.05) is 13.2 Å². The smallest absolute Gasteiger partial charge is 0.407 e. The molecular formula is C23H45NO4. The molecule has 0 heterocycles. The van der Waals surface area contributed by atoms with Gasteiger partial charge in [-0.15, -0.1) is 0 Å². The monoisotopic (exact) mass is 399 g/mol. The van der Waals surface area contributed by atoms with Crippen LogP contribution in [0.15, 0.2) is 0 Å². The van der Waals surface area contributed by atoms with Crippen LogP contribution in [0.3, 0.4) is 0 Å². The summed E-state index contributed by atoms with van der Waals surface area (Å²) in [7, 11) is 0. The van der Waals surface area contributed by atoms with Crippen LogP contribution < -0.4 is 5.32 Å². The molecule has 1 atom stereocenters. The van der Waals surface area contributed by atoms with Gasteiger partial charge in [-0.05, 0) is 18.8 Å². The van der Waals surface area contributed by atoms with Gasteiger partial charge in [-0.1, -0.05) is 98.3 Å². The molecule has 1 amide bonds. The van der Waals surface area contributed by atoms with Gasteiger partial charge in [-0.3, -0.25) is 0 Å². The molecule has 0 spiro atoms. The molecule has 5 heteroatoms. The van der Waals surface area contributed by atoms with Crippen molar-refractivity contribution in [1.29, 1.82) is 0 Å². The molecular weight excluding hydrogens is 354 g/mol. The van der Waals surface area contributed by atoms with Gasteiger partial charge in [0.15, 0.2) is 0 Å². The molecule has 0 radical (unpaired) electrons. The van der Waals surface area contributed by atoms with E-state index in [0.717, 1.165) is 19.3 Å². The van der Waals surface area contributed by atoms with Crippen LogP contribution in [0.5, 0.6) is 0 Å². The summed E-state index contributed by atoms with van der Waals surface area (Å²) in [5, 5.41) is 2.61. The van der Waals surface area contributed by atoms with E-state index in [9.17, 15) is 9.59 Å². The maximum atomic E-state index is 12.2. The Labute approximate surface area is 173 Å². The van der Waals surface area contributed by atoms with Crippen LogP contribution in [-0.2, 0) is 14.3 Å². The first kappa shape index (κ1) is 26.7. The Morgan fingerprint density at radius 2 is 1.18 bits per heavy atom. The summed E-state index contributed by atoms with van der Waals surface area (Å²) in [6.07, 6.45) is 15.5. The van der Waals surface area contributed by atoms with Crippen LogP contribution in [0.4, 0.5) is 4.79 Å². The Kier molecular flexibility index (Phi) is 18.2. The molecule has 0 aliphatic heterocycles. The highest BCUT2D eigenvalue weighted by molar-refractivity contribution is 5.81. The van der Waals surface area contributed by atoms with Gasteiger partial charge in [0, 0.05) is 0 Å². The zero-order valence-corrected chi connectivity index (χ0v) is 18.9. The number of unbranched alkanes of at least 4 members (excludes halogenated alkanes) is 11. The number of ether oxygens (including phenoxy) is 2. The van der Waals surface area contributed by atoms with E-state index in [1.165, 1.54) is 64.2 Å². The molecule has 0 unspecified atom stereocenters. The first-order chi connectivity index (χ1) is 13.5. The molecule has 0 aromatic carbocycles. The molecule has 0 saturated heterocycles. The average molecular weight is 400 g/mol. The fourth-order valence-electron chi connectivity index (χ4n) is 3.07. The summed E-state index contributed by atoms with van der Waals surface area (Å²) in [5.74, 6) is -0.407. The third-order valence-corrected chi connectivity index (χ3v) is 4.87. The van der Waals surface area contributed by atoms with Crippen LogP contribution >= 0.6 is 0 Å². The number of carbonyl (C=O) groups excluding carboxylic acids is 2. The quantitative estimate of drug-likeness (QED) is 0.214. The minimum atomic E-state index is -0.651. The van der Waals surface area contributed by atoms with Gasteiger partial charge >= 0.3 is 12.1 Å². The summed E-state index contributed by atoms with van der Waals surface area (Å²) in [6, 6.07) is -0.651. The normalized spacial score (nSPS) is 12.0. The van der Waals surface area contributed by atoms with Crippen LogP contribution in [0.2, 0.25) is 0 Å². The van der Waals surface area contributed by atoms with E-state index in [1.807, 2.05) is 20.8 Å². The van der Waals surface area contributed by atoms with Crippen molar-refractivity contribution in [1.82, 2.24) is 5.32 Å². The van der Waals surface area contributed by atoms with Gasteiger partial charge in [0.25, 0.3) is 0 Å². The van der Waals surface area contributed by atoms with Gasteiger partial charge in [-0.25, -0.2) is 9.59 Å². The lowest BCUT2D eigenvalue weighted by atomic mass is 10.0. The lowest BCUT2D eigenvalue weighted by molar-refractivity contribution is -0.147. The number of nitrogens with one attached hydrogen (secondary N) is 1. The predicted octanol–water partition coefficient (Wildman–Crippen LogP) is 6.39. The van der Waals surface area contributed by atoms with E-state index < -0.39 is 12.1 Å². The largest absolute Gasteiger partial charge is 0.464 e. The number of esters is 1. The highest BCUT2D eigenvalue weighted by atomic mass is 16.6. The van der Waals surface area contributed by atoms with Crippen LogP contribution in [0, 0.1) is 5.92 Å². The molecule has 0 saturated carbocycles. The summed E-state index contributed by atoms with van der Waals surface area (Å²) in [4.78, 5) is 23.9. The lowest BCUT2D eigenvalue weighted by Gasteiger charge is -2.20. The average Bonchev–Trinajstić information content (AvgIpc) is 2.67. The standard InChI is InChI=1S/C23H45NO4/c1-5-7-8-9-10-11-12-13-14-15-16-17-19-27-22(25)21(20(3)4)24-23(26)28-18-6-2/h20-21H,5-19H2,1-4H3,(H,24,26)/t21-/m0/s1. The first-order valence-electron chi connectivity index (χ1n) is 11.6. The third kappa shape index (κ3) is 15.8. The van der Waals surface area contributed by atoms with Crippen molar-refractivity contribution in [2.24, 2.45) is 5.92 Å². The molecule has 0 aliphatic carbocycles. The molecule has 0 aromatic rings. The lowest BCUT2D eigenvalue weighted by Crippen LogP contribution is -2.45. The van der Waals surface area contributed by atoms with Crippen molar-refractivity contribution >= 4 is 12.1 Å². The Bertz CT molecular complexity index is 385. The fourth-order valence-corrected chi connectivity index (χ4v) is 3.07. The van der Waals surface area contributed by atoms with Crippen molar-refractivity contribution in [3.8, 4) is 0 Å². The van der Waals surface area contributed by atoms with Gasteiger partial charge in [0.2, 0.25) is 0 Å². The zero-order valence-electron chi connectivity index (χ0n) is 18.9. The number of rotatable bonds is 18. The molecule has 0 aromatic heterocycles. The molecule has 0 aliphatic rings. The van der Waals surface area contributed by atoms with E-state index >= 15 is 0 Å². The number of hydrogen-bond donors (Lipinski definition) is 1. The van der Waals surface area contributed by atoms with E-state index in [1.54, 1.807) is 0 Å². The Morgan fingerprint density at radius 1 is 0.679 bits per heavy atom. The second-order valence-electron chi connectivity index (χ2n) is 8.06. The minimum Gasteiger partial charge on any atom is -0.464 e. The highest BCUT2D eigenvalue weighted by Crippen LogP contribution is 2.12. The van der Waals surface area contributed by atoms with Gasteiger partial charge in [0.1, 0.15) is 6.04 Å². The van der Waals surface area contributed by atoms with Crippen molar-refractivity contribution < 1.29 is 19.1 Å². The van der Waals surface area contributed by atoms with Crippen molar-refractivity contribution in [2.45, 2.75) is 117 Å². The molecule has 1 N–H and O–H groups in total. The second-order valence-corrected chi connectivity index (χ2v) is 8.06. The van der Waals surface area contributed by atoms with E-state index in [0.29, 0.717) is 13.2 Å². The van der Waals surface area contributed by atoms with Crippen molar-refractivity contribution in [3.05, 3.63) is 0 Å². The maximum absolute atomic E-state index is 12.2. The topological polar surface area (TPSA) is 64.6 Å². The zero-order chi connectivity index (χ0) is 21.0. The fraction of sp³-hybridized carbons (Fsp3) is 0.913. The molecule has 0 fully saturated rings. The SMILES string of the molecule is CCCCCCCCCCCCCCOC(=O)[C@@H](NC(=O)OCCC)C(C)C. The van der Waals surface area contributed by atoms with Crippen LogP contribution in [0.1, 0.15) is 111 Å². The van der Waals surface area contributed by atoms with Gasteiger partial charge in [-0.2, -0.15) is 0 Å². The maximum Gasteiger partial charge on any atom is 0.407 e. The second kappa shape index (κ2) is 19.1. The third-order valence-electron chi connectivity index (χ3n) is 4.87. The van der Waals surface area contributed by atoms with E-state index in [2.05, 4.69) is 12.2 Å². The molecule has 166 valence electrons. The van der Waals surface area contributed by atoms with Gasteiger partial charge in [0.05, 0.1) is 13.2 Å². The number of alkyl carbamates (subject to hydrolysis) is 1. The number of hydrogen-bond acceptors (Lipinski definition) is 4. The summed E-state index contributed by atoms with van der Waals surface area (Å²) < 4.78 is 10.3. The first-order valence-corrected chi connectivity index (χ1v) is 11.6.